The molecule has 2 aromatic rings. The van der Waals surface area contributed by atoms with Gasteiger partial charge in [0.05, 0.1) is 25.3 Å². The first-order valence-electron chi connectivity index (χ1n) is 9.19. The van der Waals surface area contributed by atoms with Crippen molar-refractivity contribution in [1.82, 2.24) is 0 Å². The molecule has 2 rings (SSSR count). The molecule has 0 bridgehead atoms. The van der Waals surface area contributed by atoms with Crippen LogP contribution >= 0.6 is 11.6 Å². The Hall–Kier alpha value is -3.17. The highest BCUT2D eigenvalue weighted by Crippen LogP contribution is 2.33. The van der Waals surface area contributed by atoms with Crippen molar-refractivity contribution in [2.75, 3.05) is 25.6 Å². The van der Waals surface area contributed by atoms with E-state index in [1.807, 2.05) is 19.9 Å². The Morgan fingerprint density at radius 1 is 1.21 bits per heavy atom. The monoisotopic (exact) mass is 414 g/mol. The highest BCUT2D eigenvalue weighted by Gasteiger charge is 2.15. The van der Waals surface area contributed by atoms with E-state index < -0.39 is 5.91 Å². The number of para-hydroxylation sites is 1. The molecule has 0 aromatic heterocycles. The summed E-state index contributed by atoms with van der Waals surface area (Å²) in [7, 11) is 1.50. The van der Waals surface area contributed by atoms with Crippen molar-refractivity contribution in [3.8, 4) is 23.3 Å². The Labute approximate surface area is 175 Å². The number of hydrogen-bond acceptors (Lipinski definition) is 5. The third-order valence-electron chi connectivity index (χ3n) is 3.83. The average Bonchev–Trinajstić information content (AvgIpc) is 2.71. The normalized spacial score (nSPS) is 10.8. The molecule has 0 saturated heterocycles. The molecule has 0 aliphatic rings. The van der Waals surface area contributed by atoms with E-state index in [2.05, 4.69) is 5.32 Å². The average molecular weight is 415 g/mol. The van der Waals surface area contributed by atoms with Gasteiger partial charge in [0.15, 0.2) is 11.5 Å². The van der Waals surface area contributed by atoms with Crippen molar-refractivity contribution in [1.29, 1.82) is 5.26 Å². The molecule has 0 unspecified atom stereocenters. The summed E-state index contributed by atoms with van der Waals surface area (Å²) >= 11 is 6.09. The first-order chi connectivity index (χ1) is 14.0. The summed E-state index contributed by atoms with van der Waals surface area (Å²) in [5.74, 6) is 1.00. The molecule has 1 N–H and O–H groups in total. The number of hydrogen-bond donors (Lipinski definition) is 1. The topological polar surface area (TPSA) is 80.6 Å². The van der Waals surface area contributed by atoms with E-state index in [9.17, 15) is 10.1 Å². The summed E-state index contributed by atoms with van der Waals surface area (Å²) in [5.41, 5.74) is 0.961. The Balaban J connectivity index is 2.33. The van der Waals surface area contributed by atoms with Crippen LogP contribution in [0.1, 0.15) is 25.8 Å². The van der Waals surface area contributed by atoms with Crippen LogP contribution in [0.4, 0.5) is 5.69 Å². The van der Waals surface area contributed by atoms with Gasteiger partial charge in [0.2, 0.25) is 0 Å². The summed E-state index contributed by atoms with van der Waals surface area (Å²) in [4.78, 5) is 12.6. The van der Waals surface area contributed by atoms with E-state index in [1.165, 1.54) is 13.2 Å². The summed E-state index contributed by atoms with van der Waals surface area (Å²) in [6.07, 6.45) is 2.29. The third kappa shape index (κ3) is 5.90. The second-order valence-corrected chi connectivity index (χ2v) is 6.34. The van der Waals surface area contributed by atoms with Gasteiger partial charge in [-0.3, -0.25) is 4.79 Å². The Bertz CT molecular complexity index is 935. The number of carbonyl (C=O) groups excluding carboxylic acids is 1. The Kier molecular flexibility index (Phi) is 8.38. The number of anilines is 1. The number of ether oxygens (including phenoxy) is 3. The van der Waals surface area contributed by atoms with Gasteiger partial charge in [-0.05, 0) is 43.7 Å². The highest BCUT2D eigenvalue weighted by atomic mass is 35.5. The maximum atomic E-state index is 12.6. The number of halogens is 1. The highest BCUT2D eigenvalue weighted by molar-refractivity contribution is 6.32. The SMILES string of the molecule is CCCOc1c(/C=C(\C#N)C(=O)Nc2ccc(OC)c(Cl)c2)cccc1OCC. The molecule has 0 heterocycles. The number of carbonyl (C=O) groups is 1. The zero-order chi connectivity index (χ0) is 21.2. The minimum atomic E-state index is -0.558. The maximum absolute atomic E-state index is 12.6. The van der Waals surface area contributed by atoms with Crippen LogP contribution in [0.2, 0.25) is 5.02 Å². The maximum Gasteiger partial charge on any atom is 0.266 e. The Morgan fingerprint density at radius 2 is 2.00 bits per heavy atom. The second kappa shape index (κ2) is 11.0. The molecule has 0 radical (unpaired) electrons. The van der Waals surface area contributed by atoms with E-state index in [-0.39, 0.29) is 5.57 Å². The fraction of sp³-hybridized carbons (Fsp3) is 0.273. The minimum absolute atomic E-state index is 0.0769. The molecule has 0 aliphatic carbocycles. The summed E-state index contributed by atoms with van der Waals surface area (Å²) in [6.45, 7) is 4.83. The lowest BCUT2D eigenvalue weighted by Crippen LogP contribution is -2.13. The van der Waals surface area contributed by atoms with Crippen LogP contribution in [-0.4, -0.2) is 26.2 Å². The predicted octanol–water partition coefficient (Wildman–Crippen LogP) is 5.08. The van der Waals surface area contributed by atoms with Crippen LogP contribution in [-0.2, 0) is 4.79 Å². The standard InChI is InChI=1S/C22H23ClN2O4/c1-4-11-29-21-15(7-6-8-20(21)28-5-2)12-16(14-24)22(26)25-17-9-10-19(27-3)18(23)13-17/h6-10,12-13H,4-5,11H2,1-3H3,(H,25,26)/b16-12+. The van der Waals surface area contributed by atoms with Gasteiger partial charge in [0.25, 0.3) is 5.91 Å². The molecule has 152 valence electrons. The molecular weight excluding hydrogens is 392 g/mol. The van der Waals surface area contributed by atoms with Crippen LogP contribution in [0.15, 0.2) is 42.0 Å². The number of nitrogens with zero attached hydrogens (tertiary/aromatic N) is 1. The van der Waals surface area contributed by atoms with Gasteiger partial charge in [0, 0.05) is 11.3 Å². The number of methoxy groups -OCH3 is 1. The summed E-state index contributed by atoms with van der Waals surface area (Å²) in [5, 5.41) is 12.5. The number of rotatable bonds is 9. The first kappa shape index (κ1) is 22.1. The van der Waals surface area contributed by atoms with Gasteiger partial charge >= 0.3 is 0 Å². The smallest absolute Gasteiger partial charge is 0.266 e. The van der Waals surface area contributed by atoms with Crippen molar-refractivity contribution in [3.05, 3.63) is 52.6 Å². The van der Waals surface area contributed by atoms with Crippen molar-refractivity contribution >= 4 is 29.3 Å². The third-order valence-corrected chi connectivity index (χ3v) is 4.13. The van der Waals surface area contributed by atoms with Gasteiger partial charge in [-0.25, -0.2) is 0 Å². The molecule has 1 amide bonds. The zero-order valence-electron chi connectivity index (χ0n) is 16.6. The lowest BCUT2D eigenvalue weighted by atomic mass is 10.1. The number of nitriles is 1. The lowest BCUT2D eigenvalue weighted by molar-refractivity contribution is -0.112. The summed E-state index contributed by atoms with van der Waals surface area (Å²) < 4.78 is 16.5. The van der Waals surface area contributed by atoms with Crippen LogP contribution in [0.3, 0.4) is 0 Å². The molecular formula is C22H23ClN2O4. The van der Waals surface area contributed by atoms with Crippen LogP contribution in [0.25, 0.3) is 6.08 Å². The molecule has 0 aliphatic heterocycles. The van der Waals surface area contributed by atoms with Gasteiger partial charge in [-0.1, -0.05) is 30.7 Å². The second-order valence-electron chi connectivity index (χ2n) is 5.93. The van der Waals surface area contributed by atoms with Gasteiger partial charge < -0.3 is 19.5 Å². The van der Waals surface area contributed by atoms with Crippen molar-refractivity contribution in [2.24, 2.45) is 0 Å². The van der Waals surface area contributed by atoms with E-state index in [0.717, 1.165) is 6.42 Å². The van der Waals surface area contributed by atoms with E-state index in [0.29, 0.717) is 46.7 Å². The van der Waals surface area contributed by atoms with Crippen molar-refractivity contribution in [3.63, 3.8) is 0 Å². The lowest BCUT2D eigenvalue weighted by Gasteiger charge is -2.14. The largest absolute Gasteiger partial charge is 0.495 e. The predicted molar refractivity (Wildman–Crippen MR) is 114 cm³/mol. The van der Waals surface area contributed by atoms with Gasteiger partial charge in [-0.15, -0.1) is 0 Å². The van der Waals surface area contributed by atoms with E-state index >= 15 is 0 Å². The van der Waals surface area contributed by atoms with Crippen LogP contribution in [0, 0.1) is 11.3 Å². The molecule has 0 spiro atoms. The molecule has 29 heavy (non-hydrogen) atoms. The number of amides is 1. The van der Waals surface area contributed by atoms with Crippen molar-refractivity contribution in [2.45, 2.75) is 20.3 Å². The summed E-state index contributed by atoms with van der Waals surface area (Å²) in [6, 6.07) is 12.1. The fourth-order valence-electron chi connectivity index (χ4n) is 2.52. The molecule has 0 saturated carbocycles. The quantitative estimate of drug-likeness (QED) is 0.457. The molecule has 0 fully saturated rings. The van der Waals surface area contributed by atoms with E-state index in [1.54, 1.807) is 36.4 Å². The number of benzene rings is 2. The van der Waals surface area contributed by atoms with E-state index in [4.69, 9.17) is 25.8 Å². The number of nitrogens with one attached hydrogen (secondary N) is 1. The Morgan fingerprint density at radius 3 is 2.62 bits per heavy atom. The van der Waals surface area contributed by atoms with Crippen molar-refractivity contribution < 1.29 is 19.0 Å². The molecule has 6 nitrogen and oxygen atoms in total. The van der Waals surface area contributed by atoms with Gasteiger partial charge in [0.1, 0.15) is 17.4 Å². The van der Waals surface area contributed by atoms with Gasteiger partial charge in [-0.2, -0.15) is 5.26 Å². The van der Waals surface area contributed by atoms with Crippen LogP contribution < -0.4 is 19.5 Å². The molecule has 7 heteroatoms. The minimum Gasteiger partial charge on any atom is -0.495 e. The zero-order valence-corrected chi connectivity index (χ0v) is 17.4. The van der Waals surface area contributed by atoms with Crippen LogP contribution in [0.5, 0.6) is 17.2 Å². The molecule has 2 aromatic carbocycles. The molecule has 0 atom stereocenters. The first-order valence-corrected chi connectivity index (χ1v) is 9.57. The fourth-order valence-corrected chi connectivity index (χ4v) is 2.78.